The van der Waals surface area contributed by atoms with Crippen molar-refractivity contribution in [1.82, 2.24) is 0 Å². The molecule has 3 heteroatoms. The molecule has 2 aromatic rings. The van der Waals surface area contributed by atoms with Crippen molar-refractivity contribution in [1.29, 1.82) is 0 Å². The number of carbonyl (C=O) groups is 1. The summed E-state index contributed by atoms with van der Waals surface area (Å²) in [6.07, 6.45) is 0. The number of hydrogen-bond acceptors (Lipinski definition) is 2. The van der Waals surface area contributed by atoms with Crippen LogP contribution in [0.4, 0.5) is 0 Å². The van der Waals surface area contributed by atoms with Gasteiger partial charge in [-0.25, -0.2) is 4.79 Å². The Kier molecular flexibility index (Phi) is 1.85. The molecule has 0 amide bonds. The van der Waals surface area contributed by atoms with Gasteiger partial charge in [0.05, 0.1) is 5.56 Å². The van der Waals surface area contributed by atoms with E-state index in [-0.39, 0.29) is 16.7 Å². The molecule has 2 aromatic carbocycles. The Morgan fingerprint density at radius 1 is 1.14 bits per heavy atom. The molecule has 1 N–H and O–H groups in total. The van der Waals surface area contributed by atoms with Gasteiger partial charge in [0.15, 0.2) is 0 Å². The molecule has 0 radical (unpaired) electrons. The second-order valence-corrected chi connectivity index (χ2v) is 2.96. The number of hydrogen-bond donors (Lipinski definition) is 1. The first-order valence-electron chi connectivity index (χ1n) is 4.12. The normalized spacial score (nSPS) is 10.3. The molecule has 0 aliphatic carbocycles. The highest BCUT2D eigenvalue weighted by Gasteiger charge is 2.07. The Morgan fingerprint density at radius 2 is 1.79 bits per heavy atom. The van der Waals surface area contributed by atoms with Gasteiger partial charge in [0.2, 0.25) is 0 Å². The van der Waals surface area contributed by atoms with E-state index in [0.29, 0.717) is 5.39 Å². The molecule has 0 heterocycles. The molecule has 0 saturated heterocycles. The van der Waals surface area contributed by atoms with E-state index in [2.05, 4.69) is 0 Å². The number of aromatic carboxylic acids is 1. The summed E-state index contributed by atoms with van der Waals surface area (Å²) in [5, 5.41) is 21.3. The Hall–Kier alpha value is -2.03. The molecule has 0 aliphatic rings. The highest BCUT2D eigenvalue weighted by atomic mass is 16.4. The van der Waals surface area contributed by atoms with Crippen molar-refractivity contribution in [3.63, 3.8) is 0 Å². The van der Waals surface area contributed by atoms with E-state index in [1.54, 1.807) is 24.3 Å². The predicted molar refractivity (Wildman–Crippen MR) is 50.4 cm³/mol. The van der Waals surface area contributed by atoms with Gasteiger partial charge in [-0.05, 0) is 16.8 Å². The van der Waals surface area contributed by atoms with E-state index in [1.807, 2.05) is 0 Å². The van der Waals surface area contributed by atoms with Crippen LogP contribution in [0.2, 0.25) is 0 Å². The van der Waals surface area contributed by atoms with Crippen LogP contribution in [-0.4, -0.2) is 11.1 Å². The van der Waals surface area contributed by atoms with Crippen molar-refractivity contribution in [3.05, 3.63) is 42.0 Å². The second kappa shape index (κ2) is 3.03. The van der Waals surface area contributed by atoms with E-state index in [9.17, 15) is 9.90 Å². The van der Waals surface area contributed by atoms with E-state index >= 15 is 0 Å². The molecular weight excluding hydrogens is 180 g/mol. The van der Waals surface area contributed by atoms with Gasteiger partial charge in [-0.3, -0.25) is 0 Å². The molecule has 0 saturated carbocycles. The largest absolute Gasteiger partial charge is 0.872 e. The fraction of sp³-hybridized carbons (Fsp3) is 0. The summed E-state index contributed by atoms with van der Waals surface area (Å²) in [6.45, 7) is 0. The zero-order chi connectivity index (χ0) is 10.1. The fourth-order valence-corrected chi connectivity index (χ4v) is 1.48. The Morgan fingerprint density at radius 3 is 2.43 bits per heavy atom. The van der Waals surface area contributed by atoms with Crippen molar-refractivity contribution < 1.29 is 15.0 Å². The highest BCUT2D eigenvalue weighted by Crippen LogP contribution is 2.25. The Bertz CT molecular complexity index is 498. The molecular formula is C11H7O3-. The summed E-state index contributed by atoms with van der Waals surface area (Å²) in [4.78, 5) is 10.8. The first kappa shape index (κ1) is 8.56. The van der Waals surface area contributed by atoms with Crippen molar-refractivity contribution >= 4 is 16.7 Å². The van der Waals surface area contributed by atoms with Crippen LogP contribution >= 0.6 is 0 Å². The lowest BCUT2D eigenvalue weighted by Crippen LogP contribution is -2.00. The standard InChI is InChI=1S/C11H8O3/c12-9-6-2-4-7-3-1-5-8(10(7)9)11(13)14/h1-6,12H,(H,13,14)/p-1. The third-order valence-electron chi connectivity index (χ3n) is 2.10. The summed E-state index contributed by atoms with van der Waals surface area (Å²) in [7, 11) is 0. The zero-order valence-corrected chi connectivity index (χ0v) is 7.23. The van der Waals surface area contributed by atoms with Crippen LogP contribution in [0.3, 0.4) is 0 Å². The molecule has 0 bridgehead atoms. The maximum Gasteiger partial charge on any atom is 0.336 e. The monoisotopic (exact) mass is 187 g/mol. The smallest absolute Gasteiger partial charge is 0.336 e. The number of carboxylic acid groups (broad SMARTS) is 1. The van der Waals surface area contributed by atoms with Crippen LogP contribution in [0.15, 0.2) is 36.4 Å². The molecule has 0 fully saturated rings. The van der Waals surface area contributed by atoms with Crippen LogP contribution in [-0.2, 0) is 0 Å². The first-order valence-corrected chi connectivity index (χ1v) is 4.12. The molecule has 0 aliphatic heterocycles. The van der Waals surface area contributed by atoms with Crippen LogP contribution in [0.5, 0.6) is 5.75 Å². The van der Waals surface area contributed by atoms with Gasteiger partial charge in [0.1, 0.15) is 0 Å². The maximum absolute atomic E-state index is 11.4. The molecule has 0 spiro atoms. The van der Waals surface area contributed by atoms with Gasteiger partial charge >= 0.3 is 5.97 Å². The topological polar surface area (TPSA) is 60.4 Å². The third-order valence-corrected chi connectivity index (χ3v) is 2.10. The number of rotatable bonds is 1. The average Bonchev–Trinajstić information content (AvgIpc) is 2.17. The van der Waals surface area contributed by atoms with Crippen molar-refractivity contribution in [2.45, 2.75) is 0 Å². The number of benzene rings is 2. The molecule has 3 nitrogen and oxygen atoms in total. The predicted octanol–water partition coefficient (Wildman–Crippen LogP) is 1.61. The van der Waals surface area contributed by atoms with Gasteiger partial charge in [0.25, 0.3) is 0 Å². The van der Waals surface area contributed by atoms with Crippen LogP contribution in [0.1, 0.15) is 10.4 Å². The summed E-state index contributed by atoms with van der Waals surface area (Å²) >= 11 is 0. The molecule has 0 unspecified atom stereocenters. The van der Waals surface area contributed by atoms with E-state index in [0.717, 1.165) is 0 Å². The lowest BCUT2D eigenvalue weighted by molar-refractivity contribution is -0.265. The lowest BCUT2D eigenvalue weighted by Gasteiger charge is -2.11. The van der Waals surface area contributed by atoms with Gasteiger partial charge in [0, 0.05) is 0 Å². The van der Waals surface area contributed by atoms with Gasteiger partial charge in [-0.2, -0.15) is 0 Å². The maximum atomic E-state index is 11.4. The second-order valence-electron chi connectivity index (χ2n) is 2.96. The van der Waals surface area contributed by atoms with E-state index in [1.165, 1.54) is 12.1 Å². The molecule has 0 atom stereocenters. The van der Waals surface area contributed by atoms with Gasteiger partial charge in [-0.1, -0.05) is 30.3 Å². The quantitative estimate of drug-likeness (QED) is 0.737. The highest BCUT2D eigenvalue weighted by molar-refractivity contribution is 6.06. The van der Waals surface area contributed by atoms with Crippen LogP contribution < -0.4 is 5.11 Å². The SMILES string of the molecule is O=C(O)c1cccc2cccc([O-])c12. The summed E-state index contributed by atoms with van der Waals surface area (Å²) in [5.74, 6) is -1.32. The summed E-state index contributed by atoms with van der Waals surface area (Å²) < 4.78 is 0. The first-order chi connectivity index (χ1) is 6.70. The van der Waals surface area contributed by atoms with Crippen LogP contribution in [0, 0.1) is 0 Å². The Labute approximate surface area is 80.2 Å². The molecule has 2 rings (SSSR count). The van der Waals surface area contributed by atoms with E-state index in [4.69, 9.17) is 5.11 Å². The Balaban J connectivity index is 2.91. The minimum Gasteiger partial charge on any atom is -0.872 e. The van der Waals surface area contributed by atoms with Crippen molar-refractivity contribution in [2.75, 3.05) is 0 Å². The number of carboxylic acids is 1. The fourth-order valence-electron chi connectivity index (χ4n) is 1.48. The van der Waals surface area contributed by atoms with Crippen LogP contribution in [0.25, 0.3) is 10.8 Å². The minimum atomic E-state index is -1.07. The number of fused-ring (bicyclic) bond motifs is 1. The summed E-state index contributed by atoms with van der Waals surface area (Å²) in [6, 6.07) is 9.51. The zero-order valence-electron chi connectivity index (χ0n) is 7.23. The molecule has 14 heavy (non-hydrogen) atoms. The van der Waals surface area contributed by atoms with E-state index < -0.39 is 5.97 Å². The van der Waals surface area contributed by atoms with Crippen molar-refractivity contribution in [2.24, 2.45) is 0 Å². The minimum absolute atomic E-state index is 0.0631. The lowest BCUT2D eigenvalue weighted by atomic mass is 10.0. The molecule has 70 valence electrons. The van der Waals surface area contributed by atoms with Gasteiger partial charge < -0.3 is 10.2 Å². The van der Waals surface area contributed by atoms with Gasteiger partial charge in [-0.15, -0.1) is 5.75 Å². The average molecular weight is 187 g/mol. The summed E-state index contributed by atoms with van der Waals surface area (Å²) in [5.41, 5.74) is 0.0631. The van der Waals surface area contributed by atoms with Crippen molar-refractivity contribution in [3.8, 4) is 5.75 Å². The third kappa shape index (κ3) is 1.19. The molecule has 0 aromatic heterocycles.